The third-order valence-electron chi connectivity index (χ3n) is 2.83. The average Bonchev–Trinajstić information content (AvgIpc) is 2.08. The summed E-state index contributed by atoms with van der Waals surface area (Å²) in [6.07, 6.45) is 2.14. The molecular formula is C10H21N3O. The van der Waals surface area contributed by atoms with Crippen molar-refractivity contribution in [1.82, 2.24) is 10.2 Å². The highest BCUT2D eigenvalue weighted by Crippen LogP contribution is 2.14. The Morgan fingerprint density at radius 1 is 1.64 bits per heavy atom. The third kappa shape index (κ3) is 3.64. The zero-order valence-corrected chi connectivity index (χ0v) is 9.12. The van der Waals surface area contributed by atoms with E-state index in [0.717, 1.165) is 32.5 Å². The van der Waals surface area contributed by atoms with Gasteiger partial charge in [0.1, 0.15) is 0 Å². The van der Waals surface area contributed by atoms with E-state index in [9.17, 15) is 4.79 Å². The molecule has 3 N–H and O–H groups in total. The fourth-order valence-electron chi connectivity index (χ4n) is 1.96. The standard InChI is InChI=1S/C10H21N3O/c1-8-7-10(11)3-5-13(8)6-4-12-9(2)14/h8,10H,3-7,11H2,1-2H3,(H,12,14). The molecule has 1 aliphatic rings. The fourth-order valence-corrected chi connectivity index (χ4v) is 1.96. The Morgan fingerprint density at radius 2 is 2.36 bits per heavy atom. The fraction of sp³-hybridized carbons (Fsp3) is 0.900. The molecule has 82 valence electrons. The minimum atomic E-state index is 0.0476. The topological polar surface area (TPSA) is 58.4 Å². The molecule has 0 aromatic carbocycles. The van der Waals surface area contributed by atoms with E-state index in [1.165, 1.54) is 0 Å². The first kappa shape index (κ1) is 11.5. The van der Waals surface area contributed by atoms with Crippen LogP contribution in [-0.2, 0) is 4.79 Å². The summed E-state index contributed by atoms with van der Waals surface area (Å²) in [6.45, 7) is 6.49. The predicted octanol–water partition coefficient (Wildman–Crippen LogP) is -0.0659. The van der Waals surface area contributed by atoms with Gasteiger partial charge in [0, 0.05) is 32.1 Å². The van der Waals surface area contributed by atoms with Crippen molar-refractivity contribution in [3.63, 3.8) is 0 Å². The van der Waals surface area contributed by atoms with Crippen molar-refractivity contribution in [3.05, 3.63) is 0 Å². The molecule has 1 heterocycles. The summed E-state index contributed by atoms with van der Waals surface area (Å²) >= 11 is 0. The maximum absolute atomic E-state index is 10.7. The lowest BCUT2D eigenvalue weighted by molar-refractivity contribution is -0.119. The van der Waals surface area contributed by atoms with Crippen LogP contribution in [0.15, 0.2) is 0 Å². The monoisotopic (exact) mass is 199 g/mol. The first-order valence-corrected chi connectivity index (χ1v) is 5.33. The summed E-state index contributed by atoms with van der Waals surface area (Å²) in [5, 5.41) is 2.81. The molecule has 2 unspecified atom stereocenters. The molecule has 1 fully saturated rings. The van der Waals surface area contributed by atoms with Crippen molar-refractivity contribution in [1.29, 1.82) is 0 Å². The molecule has 1 amide bonds. The number of rotatable bonds is 3. The molecule has 0 aromatic rings. The smallest absolute Gasteiger partial charge is 0.216 e. The Hall–Kier alpha value is -0.610. The molecule has 0 radical (unpaired) electrons. The van der Waals surface area contributed by atoms with Gasteiger partial charge in [-0.25, -0.2) is 0 Å². The first-order valence-electron chi connectivity index (χ1n) is 5.33. The lowest BCUT2D eigenvalue weighted by Crippen LogP contribution is -2.47. The molecule has 0 bridgehead atoms. The zero-order chi connectivity index (χ0) is 10.6. The van der Waals surface area contributed by atoms with E-state index < -0.39 is 0 Å². The highest BCUT2D eigenvalue weighted by Gasteiger charge is 2.22. The van der Waals surface area contributed by atoms with Gasteiger partial charge in [0.2, 0.25) is 5.91 Å². The molecule has 0 saturated carbocycles. The Kier molecular flexibility index (Phi) is 4.35. The number of hydrogen-bond donors (Lipinski definition) is 2. The van der Waals surface area contributed by atoms with Gasteiger partial charge in [0.05, 0.1) is 0 Å². The summed E-state index contributed by atoms with van der Waals surface area (Å²) in [4.78, 5) is 13.1. The summed E-state index contributed by atoms with van der Waals surface area (Å²) in [7, 11) is 0. The number of nitrogens with two attached hydrogens (primary N) is 1. The summed E-state index contributed by atoms with van der Waals surface area (Å²) < 4.78 is 0. The molecular weight excluding hydrogens is 178 g/mol. The molecule has 0 aromatic heterocycles. The molecule has 1 saturated heterocycles. The number of nitrogens with one attached hydrogen (secondary N) is 1. The Labute approximate surface area is 85.8 Å². The van der Waals surface area contributed by atoms with Gasteiger partial charge in [0.15, 0.2) is 0 Å². The second-order valence-electron chi connectivity index (χ2n) is 4.15. The van der Waals surface area contributed by atoms with E-state index in [0.29, 0.717) is 12.1 Å². The van der Waals surface area contributed by atoms with E-state index in [1.807, 2.05) is 0 Å². The van der Waals surface area contributed by atoms with Gasteiger partial charge in [-0.1, -0.05) is 0 Å². The predicted molar refractivity (Wildman–Crippen MR) is 56.9 cm³/mol. The average molecular weight is 199 g/mol. The van der Waals surface area contributed by atoms with Crippen LogP contribution < -0.4 is 11.1 Å². The van der Waals surface area contributed by atoms with Crippen molar-refractivity contribution < 1.29 is 4.79 Å². The van der Waals surface area contributed by atoms with Crippen molar-refractivity contribution >= 4 is 5.91 Å². The van der Waals surface area contributed by atoms with Crippen LogP contribution >= 0.6 is 0 Å². The van der Waals surface area contributed by atoms with Crippen LogP contribution in [0, 0.1) is 0 Å². The number of carbonyl (C=O) groups is 1. The summed E-state index contributed by atoms with van der Waals surface area (Å²) in [5.41, 5.74) is 5.87. The number of likely N-dealkylation sites (tertiary alicyclic amines) is 1. The molecule has 2 atom stereocenters. The highest BCUT2D eigenvalue weighted by molar-refractivity contribution is 5.72. The highest BCUT2D eigenvalue weighted by atomic mass is 16.1. The van der Waals surface area contributed by atoms with Crippen molar-refractivity contribution in [2.45, 2.75) is 38.8 Å². The molecule has 1 rings (SSSR count). The van der Waals surface area contributed by atoms with Crippen LogP contribution in [0.4, 0.5) is 0 Å². The van der Waals surface area contributed by atoms with Gasteiger partial charge in [-0.3, -0.25) is 9.69 Å². The molecule has 14 heavy (non-hydrogen) atoms. The van der Waals surface area contributed by atoms with Crippen molar-refractivity contribution in [2.75, 3.05) is 19.6 Å². The SMILES string of the molecule is CC(=O)NCCN1CCC(N)CC1C. The first-order chi connectivity index (χ1) is 6.59. The minimum Gasteiger partial charge on any atom is -0.355 e. The Morgan fingerprint density at radius 3 is 2.93 bits per heavy atom. The van der Waals surface area contributed by atoms with E-state index in [-0.39, 0.29) is 5.91 Å². The maximum atomic E-state index is 10.7. The van der Waals surface area contributed by atoms with E-state index in [4.69, 9.17) is 5.73 Å². The van der Waals surface area contributed by atoms with Crippen molar-refractivity contribution in [3.8, 4) is 0 Å². The van der Waals surface area contributed by atoms with Crippen LogP contribution in [0.2, 0.25) is 0 Å². The van der Waals surface area contributed by atoms with Gasteiger partial charge in [-0.15, -0.1) is 0 Å². The van der Waals surface area contributed by atoms with E-state index >= 15 is 0 Å². The maximum Gasteiger partial charge on any atom is 0.216 e. The van der Waals surface area contributed by atoms with Crippen LogP contribution in [-0.4, -0.2) is 42.5 Å². The number of amides is 1. The Bertz CT molecular complexity index is 196. The number of nitrogens with zero attached hydrogens (tertiary/aromatic N) is 1. The van der Waals surface area contributed by atoms with Gasteiger partial charge < -0.3 is 11.1 Å². The normalized spacial score (nSPS) is 28.8. The lowest BCUT2D eigenvalue weighted by atomic mass is 9.99. The molecule has 4 heteroatoms. The third-order valence-corrected chi connectivity index (χ3v) is 2.83. The number of carbonyl (C=O) groups excluding carboxylic acids is 1. The van der Waals surface area contributed by atoms with Crippen LogP contribution in [0.3, 0.4) is 0 Å². The second kappa shape index (κ2) is 5.32. The van der Waals surface area contributed by atoms with Crippen LogP contribution in [0.5, 0.6) is 0 Å². The van der Waals surface area contributed by atoms with Gasteiger partial charge in [-0.2, -0.15) is 0 Å². The molecule has 1 aliphatic heterocycles. The quantitative estimate of drug-likeness (QED) is 0.669. The molecule has 0 spiro atoms. The Balaban J connectivity index is 2.20. The lowest BCUT2D eigenvalue weighted by Gasteiger charge is -2.36. The number of hydrogen-bond acceptors (Lipinski definition) is 3. The minimum absolute atomic E-state index is 0.0476. The van der Waals surface area contributed by atoms with Gasteiger partial charge >= 0.3 is 0 Å². The van der Waals surface area contributed by atoms with Crippen molar-refractivity contribution in [2.24, 2.45) is 5.73 Å². The van der Waals surface area contributed by atoms with Crippen LogP contribution in [0.1, 0.15) is 26.7 Å². The largest absolute Gasteiger partial charge is 0.355 e. The second-order valence-corrected chi connectivity index (χ2v) is 4.15. The van der Waals surface area contributed by atoms with Gasteiger partial charge in [0.25, 0.3) is 0 Å². The number of piperidine rings is 1. The van der Waals surface area contributed by atoms with Gasteiger partial charge in [-0.05, 0) is 26.3 Å². The molecule has 0 aliphatic carbocycles. The van der Waals surface area contributed by atoms with E-state index in [1.54, 1.807) is 6.92 Å². The van der Waals surface area contributed by atoms with E-state index in [2.05, 4.69) is 17.1 Å². The van der Waals surface area contributed by atoms with Crippen LogP contribution in [0.25, 0.3) is 0 Å². The summed E-state index contributed by atoms with van der Waals surface area (Å²) in [6, 6.07) is 0.912. The molecule has 4 nitrogen and oxygen atoms in total. The zero-order valence-electron chi connectivity index (χ0n) is 9.12. The summed E-state index contributed by atoms with van der Waals surface area (Å²) in [5.74, 6) is 0.0476.